The normalized spacial score (nSPS) is 14.2. The lowest BCUT2D eigenvalue weighted by atomic mass is 9.99. The molecule has 178 valence electrons. The van der Waals surface area contributed by atoms with Gasteiger partial charge in [0.15, 0.2) is 0 Å². The number of aryl methyl sites for hydroxylation is 1. The Kier molecular flexibility index (Phi) is 6.23. The van der Waals surface area contributed by atoms with Gasteiger partial charge in [0.1, 0.15) is 17.2 Å². The topological polar surface area (TPSA) is 81.5 Å². The minimum absolute atomic E-state index is 0.245. The minimum atomic E-state index is -3.52. The monoisotopic (exact) mass is 487 g/mol. The molecule has 0 spiro atoms. The number of rotatable bonds is 6. The van der Waals surface area contributed by atoms with Gasteiger partial charge in [-0.1, -0.05) is 42.5 Å². The highest BCUT2D eigenvalue weighted by Crippen LogP contribution is 2.37. The molecule has 8 heteroatoms. The summed E-state index contributed by atoms with van der Waals surface area (Å²) < 4.78 is 34.8. The molecule has 0 amide bonds. The van der Waals surface area contributed by atoms with E-state index in [1.165, 1.54) is 15.1 Å². The number of hydrogen-bond acceptors (Lipinski definition) is 5. The summed E-state index contributed by atoms with van der Waals surface area (Å²) in [6, 6.07) is 25.1. The molecule has 0 N–H and O–H groups in total. The Balaban J connectivity index is 1.58. The first-order valence-corrected chi connectivity index (χ1v) is 12.9. The van der Waals surface area contributed by atoms with Crippen molar-refractivity contribution in [3.05, 3.63) is 95.3 Å². The molecule has 1 aromatic heterocycles. The number of benzene rings is 3. The Morgan fingerprint density at radius 3 is 2.20 bits per heavy atom. The van der Waals surface area contributed by atoms with Crippen molar-refractivity contribution >= 4 is 10.0 Å². The minimum Gasteiger partial charge on any atom is -0.457 e. The highest BCUT2D eigenvalue weighted by atomic mass is 32.2. The van der Waals surface area contributed by atoms with Crippen LogP contribution in [0.15, 0.2) is 94.6 Å². The SMILES string of the molecule is Cn1nc(-c2ccccc2Oc2ccccc2)c(-c2ccc(S(=O)(=O)N3CCCC3)cc2)cc1=O. The summed E-state index contributed by atoms with van der Waals surface area (Å²) >= 11 is 0. The van der Waals surface area contributed by atoms with Gasteiger partial charge < -0.3 is 4.74 Å². The number of aromatic nitrogens is 2. The van der Waals surface area contributed by atoms with E-state index in [0.29, 0.717) is 41.4 Å². The van der Waals surface area contributed by atoms with Gasteiger partial charge in [0.25, 0.3) is 5.56 Å². The summed E-state index contributed by atoms with van der Waals surface area (Å²) in [5.74, 6) is 1.28. The Morgan fingerprint density at radius 2 is 1.49 bits per heavy atom. The summed E-state index contributed by atoms with van der Waals surface area (Å²) in [4.78, 5) is 12.8. The van der Waals surface area contributed by atoms with Crippen LogP contribution in [0.25, 0.3) is 22.4 Å². The van der Waals surface area contributed by atoms with Crippen molar-refractivity contribution in [2.75, 3.05) is 13.1 Å². The average molecular weight is 488 g/mol. The van der Waals surface area contributed by atoms with Gasteiger partial charge in [-0.3, -0.25) is 4.79 Å². The van der Waals surface area contributed by atoms with E-state index in [0.717, 1.165) is 18.4 Å². The summed E-state index contributed by atoms with van der Waals surface area (Å²) in [6.45, 7) is 1.09. The van der Waals surface area contributed by atoms with Gasteiger partial charge in [-0.25, -0.2) is 13.1 Å². The summed E-state index contributed by atoms with van der Waals surface area (Å²) in [6.07, 6.45) is 1.76. The zero-order valence-electron chi connectivity index (χ0n) is 19.3. The van der Waals surface area contributed by atoms with E-state index in [-0.39, 0.29) is 10.5 Å². The van der Waals surface area contributed by atoms with E-state index in [2.05, 4.69) is 5.10 Å². The van der Waals surface area contributed by atoms with Crippen LogP contribution in [-0.2, 0) is 17.1 Å². The van der Waals surface area contributed by atoms with Crippen LogP contribution in [0.4, 0.5) is 0 Å². The van der Waals surface area contributed by atoms with E-state index in [9.17, 15) is 13.2 Å². The van der Waals surface area contributed by atoms with Gasteiger partial charge >= 0.3 is 0 Å². The van der Waals surface area contributed by atoms with Gasteiger partial charge in [0.2, 0.25) is 10.0 Å². The van der Waals surface area contributed by atoms with Crippen molar-refractivity contribution < 1.29 is 13.2 Å². The van der Waals surface area contributed by atoms with Crippen LogP contribution in [-0.4, -0.2) is 35.6 Å². The molecule has 0 unspecified atom stereocenters. The number of ether oxygens (including phenoxy) is 1. The quantitative estimate of drug-likeness (QED) is 0.394. The molecular formula is C27H25N3O4S. The molecule has 2 heterocycles. The first kappa shape index (κ1) is 23.0. The van der Waals surface area contributed by atoms with Crippen LogP contribution in [0.2, 0.25) is 0 Å². The zero-order valence-corrected chi connectivity index (χ0v) is 20.1. The van der Waals surface area contributed by atoms with Crippen LogP contribution < -0.4 is 10.3 Å². The molecule has 1 aliphatic rings. The number of hydrogen-bond donors (Lipinski definition) is 0. The van der Waals surface area contributed by atoms with Gasteiger partial charge in [-0.05, 0) is 54.8 Å². The number of sulfonamides is 1. The fourth-order valence-corrected chi connectivity index (χ4v) is 5.73. The Hall–Kier alpha value is -3.75. The molecule has 7 nitrogen and oxygen atoms in total. The standard InChI is InChI=1S/C27H25N3O4S/c1-29-26(31)19-24(20-13-15-22(16-14-20)35(32,33)30-17-7-8-18-30)27(28-29)23-11-5-6-12-25(23)34-21-9-3-2-4-10-21/h2-6,9-16,19H,7-8,17-18H2,1H3. The first-order valence-electron chi connectivity index (χ1n) is 11.4. The van der Waals surface area contributed by atoms with Gasteiger partial charge in [0.05, 0.1) is 4.90 Å². The summed E-state index contributed by atoms with van der Waals surface area (Å²) in [7, 11) is -1.93. The summed E-state index contributed by atoms with van der Waals surface area (Å²) in [5, 5.41) is 4.55. The highest BCUT2D eigenvalue weighted by molar-refractivity contribution is 7.89. The second kappa shape index (κ2) is 9.48. The smallest absolute Gasteiger partial charge is 0.267 e. The van der Waals surface area contributed by atoms with Gasteiger partial charge in [-0.2, -0.15) is 9.40 Å². The maximum absolute atomic E-state index is 12.9. The number of para-hydroxylation sites is 2. The zero-order chi connectivity index (χ0) is 24.4. The first-order chi connectivity index (χ1) is 16.9. The second-order valence-corrected chi connectivity index (χ2v) is 10.4. The van der Waals surface area contributed by atoms with Crippen molar-refractivity contribution in [2.45, 2.75) is 17.7 Å². The average Bonchev–Trinajstić information content (AvgIpc) is 3.43. The van der Waals surface area contributed by atoms with Crippen molar-refractivity contribution in [2.24, 2.45) is 7.05 Å². The molecule has 5 rings (SSSR count). The molecular weight excluding hydrogens is 462 g/mol. The van der Waals surface area contributed by atoms with Crippen molar-refractivity contribution in [1.29, 1.82) is 0 Å². The van der Waals surface area contributed by atoms with Gasteiger partial charge in [0, 0.05) is 37.3 Å². The lowest BCUT2D eigenvalue weighted by molar-refractivity contribution is 0.477. The third-order valence-electron chi connectivity index (χ3n) is 6.07. The van der Waals surface area contributed by atoms with Crippen LogP contribution in [0.3, 0.4) is 0 Å². The maximum atomic E-state index is 12.9. The molecule has 0 saturated carbocycles. The third-order valence-corrected chi connectivity index (χ3v) is 7.99. The Labute approximate surface area is 204 Å². The lowest BCUT2D eigenvalue weighted by Crippen LogP contribution is -2.27. The molecule has 3 aromatic carbocycles. The summed E-state index contributed by atoms with van der Waals surface area (Å²) in [5.41, 5.74) is 2.31. The molecule has 0 atom stereocenters. The van der Waals surface area contributed by atoms with Crippen LogP contribution in [0, 0.1) is 0 Å². The van der Waals surface area contributed by atoms with Crippen molar-refractivity contribution in [1.82, 2.24) is 14.1 Å². The predicted molar refractivity (Wildman–Crippen MR) is 135 cm³/mol. The molecule has 1 fully saturated rings. The lowest BCUT2D eigenvalue weighted by Gasteiger charge is -2.17. The van der Waals surface area contributed by atoms with Crippen LogP contribution in [0.1, 0.15) is 12.8 Å². The molecule has 1 aliphatic heterocycles. The molecule has 0 bridgehead atoms. The van der Waals surface area contributed by atoms with Crippen molar-refractivity contribution in [3.63, 3.8) is 0 Å². The molecule has 0 radical (unpaired) electrons. The second-order valence-electron chi connectivity index (χ2n) is 8.42. The fraction of sp³-hybridized carbons (Fsp3) is 0.185. The van der Waals surface area contributed by atoms with E-state index < -0.39 is 10.0 Å². The fourth-order valence-electron chi connectivity index (χ4n) is 4.21. The van der Waals surface area contributed by atoms with E-state index in [1.807, 2.05) is 54.6 Å². The molecule has 1 saturated heterocycles. The number of nitrogens with zero attached hydrogens (tertiary/aromatic N) is 3. The largest absolute Gasteiger partial charge is 0.457 e. The maximum Gasteiger partial charge on any atom is 0.267 e. The molecule has 4 aromatic rings. The van der Waals surface area contributed by atoms with Crippen molar-refractivity contribution in [3.8, 4) is 33.9 Å². The van der Waals surface area contributed by atoms with Crippen LogP contribution >= 0.6 is 0 Å². The highest BCUT2D eigenvalue weighted by Gasteiger charge is 2.27. The molecule has 0 aliphatic carbocycles. The van der Waals surface area contributed by atoms with Gasteiger partial charge in [-0.15, -0.1) is 0 Å². The third kappa shape index (κ3) is 4.62. The predicted octanol–water partition coefficient (Wildman–Crippen LogP) is 4.69. The Morgan fingerprint density at radius 1 is 0.829 bits per heavy atom. The van der Waals surface area contributed by atoms with E-state index in [1.54, 1.807) is 31.3 Å². The Bertz CT molecular complexity index is 1510. The molecule has 35 heavy (non-hydrogen) atoms. The van der Waals surface area contributed by atoms with Crippen LogP contribution in [0.5, 0.6) is 11.5 Å². The van der Waals surface area contributed by atoms with E-state index >= 15 is 0 Å². The van der Waals surface area contributed by atoms with E-state index in [4.69, 9.17) is 4.74 Å².